The lowest BCUT2D eigenvalue weighted by Crippen LogP contribution is -2.60. The lowest BCUT2D eigenvalue weighted by molar-refractivity contribution is -0.250. The molecule has 0 saturated carbocycles. The highest BCUT2D eigenvalue weighted by Crippen LogP contribution is 2.18. The molecule has 0 unspecified atom stereocenters. The Hall–Kier alpha value is -0.980. The van der Waals surface area contributed by atoms with E-state index < -0.39 is 24.5 Å². The second-order valence-corrected chi connectivity index (χ2v) is 6.80. The number of nitrogens with one attached hydrogen (secondary N) is 1. The molecule has 5 heteroatoms. The van der Waals surface area contributed by atoms with Gasteiger partial charge in [0.15, 0.2) is 6.29 Å². The molecule has 0 aromatic heterocycles. The van der Waals surface area contributed by atoms with E-state index >= 15 is 0 Å². The van der Waals surface area contributed by atoms with Gasteiger partial charge in [0, 0.05) is 0 Å². The van der Waals surface area contributed by atoms with Gasteiger partial charge in [-0.2, -0.15) is 0 Å². The van der Waals surface area contributed by atoms with Crippen molar-refractivity contribution in [3.63, 3.8) is 0 Å². The van der Waals surface area contributed by atoms with E-state index in [9.17, 15) is 10.2 Å². The van der Waals surface area contributed by atoms with Gasteiger partial charge in [-0.1, -0.05) is 69.4 Å². The van der Waals surface area contributed by atoms with Crippen molar-refractivity contribution in [2.75, 3.05) is 13.2 Å². The molecule has 0 bridgehead atoms. The summed E-state index contributed by atoms with van der Waals surface area (Å²) < 4.78 is 11.2. The molecule has 0 radical (unpaired) electrons. The fourth-order valence-electron chi connectivity index (χ4n) is 3.12. The van der Waals surface area contributed by atoms with Crippen LogP contribution in [0, 0.1) is 0 Å². The summed E-state index contributed by atoms with van der Waals surface area (Å²) in [6, 6.07) is 9.38. The van der Waals surface area contributed by atoms with E-state index in [1.807, 2.05) is 30.3 Å². The van der Waals surface area contributed by atoms with Crippen LogP contribution in [-0.4, -0.2) is 47.9 Å². The topological polar surface area (TPSA) is 71.0 Å². The van der Waals surface area contributed by atoms with E-state index in [-0.39, 0.29) is 6.61 Å². The molecule has 0 aliphatic carbocycles. The van der Waals surface area contributed by atoms with Gasteiger partial charge in [0.25, 0.3) is 0 Å². The number of unbranched alkanes of at least 4 members (excludes halogenated alkanes) is 5. The van der Waals surface area contributed by atoms with E-state index in [2.05, 4.69) is 12.2 Å². The van der Waals surface area contributed by atoms with E-state index in [4.69, 9.17) is 9.47 Å². The Balaban J connectivity index is 1.70. The van der Waals surface area contributed by atoms with Crippen LogP contribution in [0.4, 0.5) is 0 Å². The van der Waals surface area contributed by atoms with Crippen molar-refractivity contribution < 1.29 is 19.7 Å². The van der Waals surface area contributed by atoms with Gasteiger partial charge in [0.05, 0.1) is 25.4 Å². The molecule has 1 aliphatic heterocycles. The molecule has 3 N–H and O–H groups in total. The van der Waals surface area contributed by atoms with Gasteiger partial charge in [0.1, 0.15) is 6.10 Å². The molecule has 1 aromatic rings. The quantitative estimate of drug-likeness (QED) is 0.535. The summed E-state index contributed by atoms with van der Waals surface area (Å²) in [6.07, 6.45) is 5.00. The normalized spacial score (nSPS) is 26.7. The Kier molecular flexibility index (Phi) is 9.43. The van der Waals surface area contributed by atoms with Crippen LogP contribution in [0.15, 0.2) is 30.3 Å². The Labute approximate surface area is 151 Å². The summed E-state index contributed by atoms with van der Waals surface area (Å²) in [6.45, 7) is 3.55. The first-order chi connectivity index (χ1) is 12.2. The molecule has 0 spiro atoms. The molecule has 1 fully saturated rings. The number of ether oxygens (including phenoxy) is 2. The smallest absolute Gasteiger partial charge is 0.185 e. The van der Waals surface area contributed by atoms with Crippen LogP contribution in [0.25, 0.3) is 0 Å². The van der Waals surface area contributed by atoms with Gasteiger partial charge >= 0.3 is 0 Å². The van der Waals surface area contributed by atoms with Crippen LogP contribution in [0.1, 0.15) is 51.0 Å². The van der Waals surface area contributed by atoms with Gasteiger partial charge < -0.3 is 25.0 Å². The summed E-state index contributed by atoms with van der Waals surface area (Å²) in [7, 11) is 0. The Morgan fingerprint density at radius 1 is 1.08 bits per heavy atom. The van der Waals surface area contributed by atoms with Gasteiger partial charge in [-0.15, -0.1) is 0 Å². The summed E-state index contributed by atoms with van der Waals surface area (Å²) >= 11 is 0. The molecule has 1 aliphatic rings. The molecule has 142 valence electrons. The average molecular weight is 351 g/mol. The fraction of sp³-hybridized carbons (Fsp3) is 0.700. The maximum atomic E-state index is 10.5. The van der Waals surface area contributed by atoms with Crippen molar-refractivity contribution in [3.05, 3.63) is 35.9 Å². The summed E-state index contributed by atoms with van der Waals surface area (Å²) in [5, 5.41) is 23.9. The zero-order chi connectivity index (χ0) is 17.9. The molecule has 25 heavy (non-hydrogen) atoms. The van der Waals surface area contributed by atoms with Gasteiger partial charge in [0.2, 0.25) is 0 Å². The maximum Gasteiger partial charge on any atom is 0.185 e. The van der Waals surface area contributed by atoms with Crippen LogP contribution in [0.5, 0.6) is 0 Å². The molecule has 0 amide bonds. The van der Waals surface area contributed by atoms with Crippen LogP contribution in [0.3, 0.4) is 0 Å². The number of hydrogen-bond donors (Lipinski definition) is 3. The highest BCUT2D eigenvalue weighted by molar-refractivity contribution is 5.13. The zero-order valence-electron chi connectivity index (χ0n) is 15.3. The second-order valence-electron chi connectivity index (χ2n) is 6.80. The first kappa shape index (κ1) is 20.3. The first-order valence-electron chi connectivity index (χ1n) is 9.59. The molecule has 4 atom stereocenters. The average Bonchev–Trinajstić information content (AvgIpc) is 2.63. The molecule has 2 rings (SSSR count). The predicted octanol–water partition coefficient (Wildman–Crippen LogP) is 2.60. The lowest BCUT2D eigenvalue weighted by Gasteiger charge is -2.38. The molecule has 1 saturated heterocycles. The summed E-state index contributed by atoms with van der Waals surface area (Å²) in [4.78, 5) is 0. The van der Waals surface area contributed by atoms with E-state index in [1.54, 1.807) is 0 Å². The van der Waals surface area contributed by atoms with Gasteiger partial charge in [-0.25, -0.2) is 0 Å². The first-order valence-corrected chi connectivity index (χ1v) is 9.59. The Bertz CT molecular complexity index is 456. The van der Waals surface area contributed by atoms with Crippen LogP contribution >= 0.6 is 0 Å². The molecule has 5 nitrogen and oxygen atoms in total. The van der Waals surface area contributed by atoms with E-state index in [0.717, 1.165) is 18.5 Å². The highest BCUT2D eigenvalue weighted by Gasteiger charge is 2.38. The van der Waals surface area contributed by atoms with Crippen molar-refractivity contribution >= 4 is 0 Å². The van der Waals surface area contributed by atoms with Crippen LogP contribution in [0.2, 0.25) is 0 Å². The fourth-order valence-corrected chi connectivity index (χ4v) is 3.12. The third-order valence-electron chi connectivity index (χ3n) is 4.66. The minimum atomic E-state index is -0.882. The summed E-state index contributed by atoms with van der Waals surface area (Å²) in [5.41, 5.74) is 1.03. The summed E-state index contributed by atoms with van der Waals surface area (Å²) in [5.74, 6) is 0. The van der Waals surface area contributed by atoms with Gasteiger partial charge in [-0.05, 0) is 18.5 Å². The number of hydrogen-bond acceptors (Lipinski definition) is 5. The molecular weight excluding hydrogens is 318 g/mol. The molecule has 1 heterocycles. The minimum absolute atomic E-state index is 0.171. The SMILES string of the molecule is CCCCCCCCN[C@@H]1[C@@H](O)[C@H](OCc2ccccc2)OC[C@H]1O. The zero-order valence-corrected chi connectivity index (χ0v) is 15.3. The van der Waals surface area contributed by atoms with Crippen LogP contribution < -0.4 is 5.32 Å². The predicted molar refractivity (Wildman–Crippen MR) is 98.2 cm³/mol. The monoisotopic (exact) mass is 351 g/mol. The van der Waals surface area contributed by atoms with Crippen LogP contribution in [-0.2, 0) is 16.1 Å². The van der Waals surface area contributed by atoms with E-state index in [0.29, 0.717) is 6.61 Å². The van der Waals surface area contributed by atoms with Crippen molar-refractivity contribution in [2.45, 2.75) is 76.6 Å². The van der Waals surface area contributed by atoms with Gasteiger partial charge in [-0.3, -0.25) is 0 Å². The second kappa shape index (κ2) is 11.6. The third kappa shape index (κ3) is 7.04. The molecule has 1 aromatic carbocycles. The maximum absolute atomic E-state index is 10.5. The number of aliphatic hydroxyl groups is 2. The van der Waals surface area contributed by atoms with Crippen molar-refractivity contribution in [2.24, 2.45) is 0 Å². The Morgan fingerprint density at radius 3 is 2.56 bits per heavy atom. The number of aliphatic hydroxyl groups excluding tert-OH is 2. The minimum Gasteiger partial charge on any atom is -0.389 e. The largest absolute Gasteiger partial charge is 0.389 e. The highest BCUT2D eigenvalue weighted by atomic mass is 16.7. The Morgan fingerprint density at radius 2 is 1.80 bits per heavy atom. The number of rotatable bonds is 11. The van der Waals surface area contributed by atoms with E-state index in [1.165, 1.54) is 32.1 Å². The standard InChI is InChI=1S/C20H33NO4/c1-2-3-4-5-6-10-13-21-18-17(22)15-25-20(19(18)23)24-14-16-11-8-7-9-12-16/h7-9,11-12,17-23H,2-6,10,13-15H2,1H3/t17-,18+,19-,20-/m1/s1. The van der Waals surface area contributed by atoms with Crippen molar-refractivity contribution in [1.29, 1.82) is 0 Å². The number of benzene rings is 1. The van der Waals surface area contributed by atoms with Crippen molar-refractivity contribution in [3.8, 4) is 0 Å². The molecular formula is C20H33NO4. The lowest BCUT2D eigenvalue weighted by atomic mass is 10.0. The van der Waals surface area contributed by atoms with Crippen molar-refractivity contribution in [1.82, 2.24) is 5.32 Å². The third-order valence-corrected chi connectivity index (χ3v) is 4.66.